The zero-order chi connectivity index (χ0) is 14.6. The van der Waals surface area contributed by atoms with Crippen molar-refractivity contribution in [2.75, 3.05) is 20.1 Å². The number of rotatable bonds is 5. The summed E-state index contributed by atoms with van der Waals surface area (Å²) in [6.07, 6.45) is 6.75. The fourth-order valence-corrected chi connectivity index (χ4v) is 3.77. The van der Waals surface area contributed by atoms with Crippen molar-refractivity contribution in [3.8, 4) is 0 Å². The van der Waals surface area contributed by atoms with Crippen molar-refractivity contribution in [3.63, 3.8) is 0 Å². The fraction of sp³-hybridized carbons (Fsp3) is 0.706. The molecule has 1 aliphatic carbocycles. The number of nitrogens with two attached hydrogens (primary N) is 1. The smallest absolute Gasteiger partial charge is 0.0416 e. The summed E-state index contributed by atoms with van der Waals surface area (Å²) in [5.74, 6) is 1.43. The van der Waals surface area contributed by atoms with Gasteiger partial charge in [0.25, 0.3) is 0 Å². The molecule has 0 spiro atoms. The van der Waals surface area contributed by atoms with Gasteiger partial charge >= 0.3 is 0 Å². The van der Waals surface area contributed by atoms with Crippen molar-refractivity contribution in [1.82, 2.24) is 9.88 Å². The second-order valence-electron chi connectivity index (χ2n) is 6.46. The quantitative estimate of drug-likeness (QED) is 0.898. The molecular formula is C17H29N3. The minimum absolute atomic E-state index is 0.173. The highest BCUT2D eigenvalue weighted by molar-refractivity contribution is 5.05. The molecule has 0 amide bonds. The first-order valence-corrected chi connectivity index (χ1v) is 7.91. The van der Waals surface area contributed by atoms with Crippen LogP contribution < -0.4 is 5.73 Å². The Kier molecular flexibility index (Phi) is 5.17. The van der Waals surface area contributed by atoms with Gasteiger partial charge in [-0.25, -0.2) is 0 Å². The first-order valence-electron chi connectivity index (χ1n) is 7.91. The first-order chi connectivity index (χ1) is 9.60. The van der Waals surface area contributed by atoms with Crippen molar-refractivity contribution in [2.24, 2.45) is 17.6 Å². The summed E-state index contributed by atoms with van der Waals surface area (Å²) in [5.41, 5.74) is 7.55. The third-order valence-electron chi connectivity index (χ3n) is 5.51. The van der Waals surface area contributed by atoms with Gasteiger partial charge in [0, 0.05) is 36.9 Å². The molecule has 3 heteroatoms. The highest BCUT2D eigenvalue weighted by atomic mass is 15.2. The number of nitrogens with zero attached hydrogens (tertiary/aromatic N) is 2. The van der Waals surface area contributed by atoms with Crippen LogP contribution in [0.2, 0.25) is 0 Å². The van der Waals surface area contributed by atoms with Crippen molar-refractivity contribution in [1.29, 1.82) is 0 Å². The summed E-state index contributed by atoms with van der Waals surface area (Å²) in [7, 11) is 2.24. The minimum Gasteiger partial charge on any atom is -0.329 e. The normalized spacial score (nSPS) is 30.6. The van der Waals surface area contributed by atoms with E-state index < -0.39 is 0 Å². The standard InChI is InChI=1S/C17H29N3/c1-14-7-6-10-17(13-18,15(14)2)20(3)12-9-16-8-4-5-11-19-16/h4-5,8,11,14-15H,6-7,9-10,12-13,18H2,1-3H3. The topological polar surface area (TPSA) is 42.1 Å². The molecule has 1 aromatic heterocycles. The fourth-order valence-electron chi connectivity index (χ4n) is 3.77. The van der Waals surface area contributed by atoms with Crippen LogP contribution in [0.1, 0.15) is 38.8 Å². The van der Waals surface area contributed by atoms with Crippen molar-refractivity contribution in [2.45, 2.75) is 45.1 Å². The monoisotopic (exact) mass is 275 g/mol. The Morgan fingerprint density at radius 3 is 2.85 bits per heavy atom. The zero-order valence-electron chi connectivity index (χ0n) is 13.2. The van der Waals surface area contributed by atoms with Gasteiger partial charge in [-0.1, -0.05) is 32.8 Å². The maximum atomic E-state index is 6.20. The maximum Gasteiger partial charge on any atom is 0.0416 e. The second kappa shape index (κ2) is 6.68. The molecule has 3 unspecified atom stereocenters. The van der Waals surface area contributed by atoms with Crippen LogP contribution in [0, 0.1) is 11.8 Å². The molecule has 0 aliphatic heterocycles. The van der Waals surface area contributed by atoms with Crippen molar-refractivity contribution >= 4 is 0 Å². The van der Waals surface area contributed by atoms with E-state index in [1.165, 1.54) is 25.0 Å². The molecule has 1 fully saturated rings. The van der Waals surface area contributed by atoms with Gasteiger partial charge in [0.2, 0.25) is 0 Å². The largest absolute Gasteiger partial charge is 0.329 e. The molecular weight excluding hydrogens is 246 g/mol. The SMILES string of the molecule is CC1CCCC(CN)(N(C)CCc2ccccn2)C1C. The van der Waals surface area contributed by atoms with E-state index in [0.29, 0.717) is 5.92 Å². The van der Waals surface area contributed by atoms with Gasteiger partial charge < -0.3 is 5.73 Å². The lowest BCUT2D eigenvalue weighted by molar-refractivity contribution is 0.00716. The van der Waals surface area contributed by atoms with E-state index in [-0.39, 0.29) is 5.54 Å². The van der Waals surface area contributed by atoms with E-state index in [2.05, 4.69) is 42.9 Å². The number of likely N-dealkylation sites (N-methyl/N-ethyl adjacent to an activating group) is 1. The lowest BCUT2D eigenvalue weighted by Crippen LogP contribution is -2.60. The van der Waals surface area contributed by atoms with Crippen molar-refractivity contribution < 1.29 is 0 Å². The summed E-state index contributed by atoms with van der Waals surface area (Å²) in [6.45, 7) is 6.55. The first kappa shape index (κ1) is 15.5. The molecule has 0 saturated heterocycles. The van der Waals surface area contributed by atoms with Gasteiger partial charge in [0.15, 0.2) is 0 Å². The average Bonchev–Trinajstić information content (AvgIpc) is 2.49. The Morgan fingerprint density at radius 2 is 2.20 bits per heavy atom. The second-order valence-corrected chi connectivity index (χ2v) is 6.46. The zero-order valence-corrected chi connectivity index (χ0v) is 13.2. The van der Waals surface area contributed by atoms with Gasteiger partial charge in [-0.3, -0.25) is 9.88 Å². The predicted molar refractivity (Wildman–Crippen MR) is 84.5 cm³/mol. The third kappa shape index (κ3) is 3.04. The summed E-state index contributed by atoms with van der Waals surface area (Å²) in [6, 6.07) is 6.14. The van der Waals surface area contributed by atoms with Crippen molar-refractivity contribution in [3.05, 3.63) is 30.1 Å². The Morgan fingerprint density at radius 1 is 1.40 bits per heavy atom. The molecule has 0 radical (unpaired) electrons. The summed E-state index contributed by atoms with van der Waals surface area (Å²) < 4.78 is 0. The van der Waals surface area contributed by atoms with Crippen LogP contribution in [0.4, 0.5) is 0 Å². The molecule has 20 heavy (non-hydrogen) atoms. The van der Waals surface area contributed by atoms with Crippen LogP contribution in [0.5, 0.6) is 0 Å². The van der Waals surface area contributed by atoms with E-state index in [4.69, 9.17) is 5.73 Å². The number of hydrogen-bond acceptors (Lipinski definition) is 3. The molecule has 1 heterocycles. The Hall–Kier alpha value is -0.930. The van der Waals surface area contributed by atoms with Crippen LogP contribution in [0.3, 0.4) is 0 Å². The highest BCUT2D eigenvalue weighted by Gasteiger charge is 2.43. The maximum absolute atomic E-state index is 6.20. The van der Waals surface area contributed by atoms with Gasteiger partial charge in [-0.2, -0.15) is 0 Å². The Bertz CT molecular complexity index is 406. The van der Waals surface area contributed by atoms with Gasteiger partial charge in [-0.15, -0.1) is 0 Å². The number of aromatic nitrogens is 1. The van der Waals surface area contributed by atoms with Crippen LogP contribution >= 0.6 is 0 Å². The predicted octanol–water partition coefficient (Wildman–Crippen LogP) is 2.71. The summed E-state index contributed by atoms with van der Waals surface area (Å²) in [5, 5.41) is 0. The van der Waals surface area contributed by atoms with Gasteiger partial charge in [-0.05, 0) is 37.4 Å². The molecule has 0 bridgehead atoms. The molecule has 3 nitrogen and oxygen atoms in total. The van der Waals surface area contributed by atoms with Crippen LogP contribution in [0.15, 0.2) is 24.4 Å². The third-order valence-corrected chi connectivity index (χ3v) is 5.51. The number of pyridine rings is 1. The molecule has 1 saturated carbocycles. The van der Waals surface area contributed by atoms with Gasteiger partial charge in [0.05, 0.1) is 0 Å². The molecule has 1 aromatic rings. The molecule has 2 rings (SSSR count). The van der Waals surface area contributed by atoms with Gasteiger partial charge in [0.1, 0.15) is 0 Å². The lowest BCUT2D eigenvalue weighted by atomic mass is 9.67. The Labute approximate surface area is 123 Å². The van der Waals surface area contributed by atoms with Crippen LogP contribution in [0.25, 0.3) is 0 Å². The van der Waals surface area contributed by atoms with E-state index in [1.54, 1.807) is 0 Å². The average molecular weight is 275 g/mol. The van der Waals surface area contributed by atoms with E-state index in [0.717, 1.165) is 25.4 Å². The number of hydrogen-bond donors (Lipinski definition) is 1. The van der Waals surface area contributed by atoms with E-state index >= 15 is 0 Å². The minimum atomic E-state index is 0.173. The Balaban J connectivity index is 2.03. The van der Waals surface area contributed by atoms with E-state index in [1.807, 2.05) is 12.3 Å². The molecule has 2 N–H and O–H groups in total. The molecule has 1 aliphatic rings. The van der Waals surface area contributed by atoms with Crippen LogP contribution in [-0.4, -0.2) is 35.6 Å². The summed E-state index contributed by atoms with van der Waals surface area (Å²) >= 11 is 0. The van der Waals surface area contributed by atoms with E-state index in [9.17, 15) is 0 Å². The van der Waals surface area contributed by atoms with Crippen LogP contribution in [-0.2, 0) is 6.42 Å². The molecule has 0 aromatic carbocycles. The molecule has 112 valence electrons. The molecule has 3 atom stereocenters. The highest BCUT2D eigenvalue weighted by Crippen LogP contribution is 2.40. The lowest BCUT2D eigenvalue weighted by Gasteiger charge is -2.51. The summed E-state index contributed by atoms with van der Waals surface area (Å²) in [4.78, 5) is 6.92.